The van der Waals surface area contributed by atoms with Crippen LogP contribution >= 0.6 is 0 Å². The molecule has 0 unspecified atom stereocenters. The van der Waals surface area contributed by atoms with Gasteiger partial charge in [-0.2, -0.15) is 0 Å². The minimum Gasteiger partial charge on any atom is -0.342 e. The first-order chi connectivity index (χ1) is 8.11. The number of carbonyl (C=O) groups excluding carboxylic acids is 1. The van der Waals surface area contributed by atoms with E-state index in [9.17, 15) is 13.2 Å². The average Bonchev–Trinajstić information content (AvgIpc) is 2.12. The van der Waals surface area contributed by atoms with Gasteiger partial charge in [-0.25, -0.2) is 8.42 Å². The van der Waals surface area contributed by atoms with E-state index in [1.807, 2.05) is 4.90 Å². The molecule has 108 valence electrons. The molecule has 0 aliphatic carbocycles. The second-order valence-electron chi connectivity index (χ2n) is 5.82. The molecule has 0 bridgehead atoms. The Morgan fingerprint density at radius 1 is 1.06 bits per heavy atom. The Labute approximate surface area is 112 Å². The lowest BCUT2D eigenvalue weighted by Gasteiger charge is -2.26. The molecule has 0 saturated carbocycles. The molecule has 0 aliphatic rings. The van der Waals surface area contributed by atoms with Gasteiger partial charge in [-0.15, -0.1) is 0 Å². The summed E-state index contributed by atoms with van der Waals surface area (Å²) in [5.41, 5.74) is 0. The van der Waals surface area contributed by atoms with Gasteiger partial charge in [0.05, 0.1) is 5.75 Å². The Balaban J connectivity index is 4.29. The second kappa shape index (κ2) is 7.77. The summed E-state index contributed by atoms with van der Waals surface area (Å²) < 4.78 is 22.0. The zero-order chi connectivity index (χ0) is 14.3. The smallest absolute Gasteiger partial charge is 0.222 e. The third kappa shape index (κ3) is 9.45. The van der Waals surface area contributed by atoms with Gasteiger partial charge < -0.3 is 4.90 Å². The monoisotopic (exact) mass is 277 g/mol. The van der Waals surface area contributed by atoms with E-state index in [-0.39, 0.29) is 11.7 Å². The van der Waals surface area contributed by atoms with Gasteiger partial charge in [0.2, 0.25) is 5.91 Å². The van der Waals surface area contributed by atoms with E-state index >= 15 is 0 Å². The van der Waals surface area contributed by atoms with Crippen LogP contribution in [-0.2, 0) is 14.6 Å². The van der Waals surface area contributed by atoms with E-state index in [1.165, 1.54) is 6.26 Å². The molecular weight excluding hydrogens is 250 g/mol. The summed E-state index contributed by atoms with van der Waals surface area (Å²) in [6, 6.07) is 0. The minimum atomic E-state index is -2.96. The van der Waals surface area contributed by atoms with Crippen molar-refractivity contribution in [2.45, 2.75) is 40.5 Å². The summed E-state index contributed by atoms with van der Waals surface area (Å²) in [6.07, 6.45) is 1.95. The van der Waals surface area contributed by atoms with Crippen molar-refractivity contribution in [1.29, 1.82) is 0 Å². The van der Waals surface area contributed by atoms with E-state index in [1.54, 1.807) is 0 Å². The molecule has 0 N–H and O–H groups in total. The molecule has 0 rings (SSSR count). The molecule has 1 amide bonds. The molecule has 18 heavy (non-hydrogen) atoms. The topological polar surface area (TPSA) is 54.5 Å². The lowest BCUT2D eigenvalue weighted by atomic mass is 10.1. The first kappa shape index (κ1) is 17.4. The highest BCUT2D eigenvalue weighted by Gasteiger charge is 2.16. The zero-order valence-corrected chi connectivity index (χ0v) is 13.1. The molecular formula is C13H27NO3S. The third-order valence-corrected chi connectivity index (χ3v) is 3.46. The molecule has 0 atom stereocenters. The van der Waals surface area contributed by atoms with Crippen LogP contribution in [0.2, 0.25) is 0 Å². The molecule has 0 aliphatic heterocycles. The predicted molar refractivity (Wildman–Crippen MR) is 75.2 cm³/mol. The fourth-order valence-electron chi connectivity index (χ4n) is 1.80. The van der Waals surface area contributed by atoms with Crippen molar-refractivity contribution in [1.82, 2.24) is 4.90 Å². The van der Waals surface area contributed by atoms with Crippen LogP contribution in [0.3, 0.4) is 0 Å². The predicted octanol–water partition coefficient (Wildman–Crippen LogP) is 1.95. The summed E-state index contributed by atoms with van der Waals surface area (Å²) in [6.45, 7) is 9.81. The Hall–Kier alpha value is -0.580. The van der Waals surface area contributed by atoms with Crippen LogP contribution in [0.4, 0.5) is 0 Å². The summed E-state index contributed by atoms with van der Waals surface area (Å²) in [5.74, 6) is 1.03. The first-order valence-corrected chi connectivity index (χ1v) is 8.63. The van der Waals surface area contributed by atoms with E-state index in [2.05, 4.69) is 27.7 Å². The maximum atomic E-state index is 12.0. The fraction of sp³-hybridized carbons (Fsp3) is 0.923. The summed E-state index contributed by atoms with van der Waals surface area (Å²) in [7, 11) is -2.96. The number of hydrogen-bond acceptors (Lipinski definition) is 3. The number of hydrogen-bond donors (Lipinski definition) is 0. The maximum Gasteiger partial charge on any atom is 0.222 e. The number of amides is 1. The number of rotatable bonds is 8. The number of carbonyl (C=O) groups is 1. The van der Waals surface area contributed by atoms with E-state index < -0.39 is 9.84 Å². The normalized spacial score (nSPS) is 12.2. The summed E-state index contributed by atoms with van der Waals surface area (Å²) >= 11 is 0. The van der Waals surface area contributed by atoms with Crippen LogP contribution in [0.25, 0.3) is 0 Å². The molecule has 0 spiro atoms. The first-order valence-electron chi connectivity index (χ1n) is 6.57. The average molecular weight is 277 g/mol. The highest BCUT2D eigenvalue weighted by atomic mass is 32.2. The van der Waals surface area contributed by atoms with Crippen LogP contribution < -0.4 is 0 Å². The van der Waals surface area contributed by atoms with Gasteiger partial charge in [-0.05, 0) is 18.3 Å². The summed E-state index contributed by atoms with van der Waals surface area (Å²) in [5, 5.41) is 0. The standard InChI is InChI=1S/C13H27NO3S/c1-11(2)9-14(10-12(3)4)13(15)7-6-8-18(5,16)17/h11-12H,6-10H2,1-5H3. The highest BCUT2D eigenvalue weighted by molar-refractivity contribution is 7.90. The van der Waals surface area contributed by atoms with Crippen LogP contribution in [-0.4, -0.2) is 44.3 Å². The van der Waals surface area contributed by atoms with E-state index in [0.29, 0.717) is 24.7 Å². The van der Waals surface area contributed by atoms with Gasteiger partial charge in [0.25, 0.3) is 0 Å². The Morgan fingerprint density at radius 2 is 1.50 bits per heavy atom. The van der Waals surface area contributed by atoms with Gasteiger partial charge in [0, 0.05) is 25.8 Å². The lowest BCUT2D eigenvalue weighted by Crippen LogP contribution is -2.37. The molecule has 4 nitrogen and oxygen atoms in total. The maximum absolute atomic E-state index is 12.0. The fourth-order valence-corrected chi connectivity index (χ4v) is 2.47. The molecule has 0 radical (unpaired) electrons. The molecule has 0 aromatic heterocycles. The minimum absolute atomic E-state index is 0.0704. The second-order valence-corrected chi connectivity index (χ2v) is 8.08. The van der Waals surface area contributed by atoms with Crippen molar-refractivity contribution in [2.24, 2.45) is 11.8 Å². The lowest BCUT2D eigenvalue weighted by molar-refractivity contribution is -0.132. The van der Waals surface area contributed by atoms with Gasteiger partial charge in [-0.3, -0.25) is 4.79 Å². The largest absolute Gasteiger partial charge is 0.342 e. The number of sulfone groups is 1. The Morgan fingerprint density at radius 3 is 1.83 bits per heavy atom. The van der Waals surface area contributed by atoms with Crippen molar-refractivity contribution in [2.75, 3.05) is 25.1 Å². The quantitative estimate of drug-likeness (QED) is 0.681. The Kier molecular flexibility index (Phi) is 7.52. The molecule has 0 aromatic rings. The molecule has 0 aromatic carbocycles. The van der Waals surface area contributed by atoms with Gasteiger partial charge in [-0.1, -0.05) is 27.7 Å². The van der Waals surface area contributed by atoms with Crippen LogP contribution in [0.5, 0.6) is 0 Å². The van der Waals surface area contributed by atoms with E-state index in [4.69, 9.17) is 0 Å². The van der Waals surface area contributed by atoms with Crippen molar-refractivity contribution in [3.63, 3.8) is 0 Å². The van der Waals surface area contributed by atoms with Gasteiger partial charge in [0.15, 0.2) is 0 Å². The summed E-state index contributed by atoms with van der Waals surface area (Å²) in [4.78, 5) is 13.9. The molecule has 0 saturated heterocycles. The van der Waals surface area contributed by atoms with Crippen molar-refractivity contribution < 1.29 is 13.2 Å². The molecule has 0 fully saturated rings. The SMILES string of the molecule is CC(C)CN(CC(C)C)C(=O)CCCS(C)(=O)=O. The Bertz CT molecular complexity index is 337. The van der Waals surface area contributed by atoms with Crippen molar-refractivity contribution >= 4 is 15.7 Å². The highest BCUT2D eigenvalue weighted by Crippen LogP contribution is 2.07. The number of nitrogens with zero attached hydrogens (tertiary/aromatic N) is 1. The van der Waals surface area contributed by atoms with Crippen molar-refractivity contribution in [3.8, 4) is 0 Å². The van der Waals surface area contributed by atoms with Crippen LogP contribution in [0, 0.1) is 11.8 Å². The molecule has 0 heterocycles. The molecule has 5 heteroatoms. The third-order valence-electron chi connectivity index (χ3n) is 2.43. The van der Waals surface area contributed by atoms with Crippen LogP contribution in [0.15, 0.2) is 0 Å². The van der Waals surface area contributed by atoms with Gasteiger partial charge >= 0.3 is 0 Å². The zero-order valence-electron chi connectivity index (χ0n) is 12.3. The van der Waals surface area contributed by atoms with Crippen LogP contribution in [0.1, 0.15) is 40.5 Å². The van der Waals surface area contributed by atoms with Crippen molar-refractivity contribution in [3.05, 3.63) is 0 Å². The van der Waals surface area contributed by atoms with Gasteiger partial charge in [0.1, 0.15) is 9.84 Å². The van der Waals surface area contributed by atoms with E-state index in [0.717, 1.165) is 13.1 Å².